The van der Waals surface area contributed by atoms with Gasteiger partial charge in [0.1, 0.15) is 17.6 Å². The normalized spacial score (nSPS) is 14.2. The van der Waals surface area contributed by atoms with Crippen LogP contribution in [-0.4, -0.2) is 64.4 Å². The van der Waals surface area contributed by atoms with Crippen molar-refractivity contribution < 1.29 is 34.2 Å². The molecule has 2 aromatic carbocycles. The highest BCUT2D eigenvalue weighted by molar-refractivity contribution is 6.03. The van der Waals surface area contributed by atoms with Crippen LogP contribution in [0.5, 0.6) is 11.5 Å². The molecule has 178 valence electrons. The second-order valence-electron chi connectivity index (χ2n) is 7.49. The fraction of sp³-hybridized carbons (Fsp3) is 0.273. The molecule has 0 atom stereocenters. The summed E-state index contributed by atoms with van der Waals surface area (Å²) in [4.78, 5) is 25.9. The van der Waals surface area contributed by atoms with Gasteiger partial charge in [-0.1, -0.05) is 0 Å². The predicted octanol–water partition coefficient (Wildman–Crippen LogP) is 2.43. The van der Waals surface area contributed by atoms with Gasteiger partial charge in [-0.2, -0.15) is 5.26 Å². The third kappa shape index (κ3) is 5.00. The van der Waals surface area contributed by atoms with Crippen molar-refractivity contribution in [3.63, 3.8) is 0 Å². The summed E-state index contributed by atoms with van der Waals surface area (Å²) in [5.41, 5.74) is -1.23. The molecule has 1 aliphatic rings. The first kappa shape index (κ1) is 24.3. The van der Waals surface area contributed by atoms with Crippen LogP contribution < -0.4 is 4.90 Å². The number of aliphatic hydroxyl groups is 1. The number of nitrogens with zero attached hydrogens (tertiary/aromatic N) is 4. The second-order valence-corrected chi connectivity index (χ2v) is 7.49. The van der Waals surface area contributed by atoms with Crippen molar-refractivity contribution in [1.82, 2.24) is 4.90 Å². The Balaban J connectivity index is 1.89. The molecule has 0 radical (unpaired) electrons. The van der Waals surface area contributed by atoms with Crippen molar-refractivity contribution in [2.45, 2.75) is 6.54 Å². The number of nitriles is 1. The summed E-state index contributed by atoms with van der Waals surface area (Å²) >= 11 is 0. The van der Waals surface area contributed by atoms with Crippen molar-refractivity contribution in [3.05, 3.63) is 63.0 Å². The number of amides is 1. The SMILES string of the molecule is CN(Cc1cc(N2CCOCC2)ccc1F)C(=O)/C(C#N)=C(\O)c1cc(O)c(O)c([N+](=O)[O-])c1. The molecule has 1 heterocycles. The number of halogens is 1. The lowest BCUT2D eigenvalue weighted by atomic mass is 10.1. The standard InChI is InChI=1S/C22H21FN4O7/c1-25(12-14-8-15(2-3-17(14)23)26-4-6-34-7-5-26)22(31)16(11-24)20(29)13-9-18(27(32)33)21(30)19(28)10-13/h2-3,8-10,28-30H,4-7,12H2,1H3/b20-16-. The summed E-state index contributed by atoms with van der Waals surface area (Å²) < 4.78 is 19.8. The molecule has 0 aliphatic carbocycles. The number of rotatable bonds is 6. The molecule has 12 heteroatoms. The van der Waals surface area contributed by atoms with Gasteiger partial charge in [-0.15, -0.1) is 0 Å². The van der Waals surface area contributed by atoms with Crippen LogP contribution in [0.15, 0.2) is 35.9 Å². The summed E-state index contributed by atoms with van der Waals surface area (Å²) in [6.07, 6.45) is 0. The van der Waals surface area contributed by atoms with Gasteiger partial charge in [0.2, 0.25) is 5.75 Å². The number of hydrogen-bond acceptors (Lipinski definition) is 9. The number of aliphatic hydroxyl groups excluding tert-OH is 1. The Morgan fingerprint density at radius 1 is 1.29 bits per heavy atom. The van der Waals surface area contributed by atoms with E-state index >= 15 is 0 Å². The maximum Gasteiger partial charge on any atom is 0.315 e. The Labute approximate surface area is 193 Å². The zero-order chi connectivity index (χ0) is 25.0. The summed E-state index contributed by atoms with van der Waals surface area (Å²) in [6.45, 7) is 2.08. The molecule has 3 rings (SSSR count). The number of ether oxygens (including phenoxy) is 1. The average molecular weight is 472 g/mol. The molecule has 1 amide bonds. The highest BCUT2D eigenvalue weighted by Gasteiger charge is 2.26. The molecule has 1 fully saturated rings. The molecule has 2 aromatic rings. The summed E-state index contributed by atoms with van der Waals surface area (Å²) in [5.74, 6) is -4.44. The van der Waals surface area contributed by atoms with Gasteiger partial charge in [-0.25, -0.2) is 4.39 Å². The monoisotopic (exact) mass is 472 g/mol. The highest BCUT2D eigenvalue weighted by Crippen LogP contribution is 2.38. The summed E-state index contributed by atoms with van der Waals surface area (Å²) in [6, 6.07) is 7.49. The number of likely N-dealkylation sites (N-methyl/N-ethyl adjacent to an activating group) is 1. The van der Waals surface area contributed by atoms with Gasteiger partial charge in [-0.05, 0) is 24.3 Å². The zero-order valence-corrected chi connectivity index (χ0v) is 18.1. The lowest BCUT2D eigenvalue weighted by Crippen LogP contribution is -2.36. The minimum absolute atomic E-state index is 0.175. The van der Waals surface area contributed by atoms with E-state index in [0.29, 0.717) is 32.4 Å². The van der Waals surface area contributed by atoms with Crippen molar-refractivity contribution >= 4 is 23.0 Å². The third-order valence-corrected chi connectivity index (χ3v) is 5.26. The van der Waals surface area contributed by atoms with Gasteiger partial charge in [0.25, 0.3) is 5.91 Å². The maximum absolute atomic E-state index is 14.4. The van der Waals surface area contributed by atoms with Crippen LogP contribution in [0.3, 0.4) is 0 Å². The Kier molecular flexibility index (Phi) is 7.18. The first-order valence-corrected chi connectivity index (χ1v) is 10.0. The number of hydrogen-bond donors (Lipinski definition) is 3. The van der Waals surface area contributed by atoms with Crippen LogP contribution in [0, 0.1) is 27.3 Å². The summed E-state index contributed by atoms with van der Waals surface area (Å²) in [7, 11) is 1.30. The fourth-order valence-electron chi connectivity index (χ4n) is 3.45. The minimum Gasteiger partial charge on any atom is -0.506 e. The molecule has 0 unspecified atom stereocenters. The molecule has 0 bridgehead atoms. The Morgan fingerprint density at radius 2 is 1.97 bits per heavy atom. The van der Waals surface area contributed by atoms with Crippen LogP contribution in [0.1, 0.15) is 11.1 Å². The summed E-state index contributed by atoms with van der Waals surface area (Å²) in [5, 5.41) is 50.3. The van der Waals surface area contributed by atoms with Crippen molar-refractivity contribution in [2.75, 3.05) is 38.3 Å². The van der Waals surface area contributed by atoms with Crippen LogP contribution in [0.25, 0.3) is 5.76 Å². The predicted molar refractivity (Wildman–Crippen MR) is 117 cm³/mol. The molecule has 3 N–H and O–H groups in total. The van der Waals surface area contributed by atoms with E-state index < -0.39 is 50.7 Å². The molecule has 11 nitrogen and oxygen atoms in total. The van der Waals surface area contributed by atoms with E-state index in [2.05, 4.69) is 0 Å². The molecule has 34 heavy (non-hydrogen) atoms. The van der Waals surface area contributed by atoms with E-state index in [0.717, 1.165) is 16.7 Å². The fourth-order valence-corrected chi connectivity index (χ4v) is 3.45. The van der Waals surface area contributed by atoms with E-state index in [1.54, 1.807) is 12.1 Å². The Hall–Kier alpha value is -4.37. The van der Waals surface area contributed by atoms with Gasteiger partial charge in [0, 0.05) is 49.6 Å². The molecule has 1 aliphatic heterocycles. The van der Waals surface area contributed by atoms with E-state index in [1.807, 2.05) is 4.90 Å². The molecular weight excluding hydrogens is 451 g/mol. The number of nitro benzene ring substituents is 1. The molecular formula is C22H21FN4O7. The minimum atomic E-state index is -1.03. The molecule has 1 saturated heterocycles. The maximum atomic E-state index is 14.4. The van der Waals surface area contributed by atoms with Crippen LogP contribution in [-0.2, 0) is 16.1 Å². The van der Waals surface area contributed by atoms with E-state index in [1.165, 1.54) is 19.2 Å². The number of nitro groups is 1. The van der Waals surface area contributed by atoms with Gasteiger partial charge in [0.15, 0.2) is 11.3 Å². The number of anilines is 1. The largest absolute Gasteiger partial charge is 0.506 e. The molecule has 0 spiro atoms. The number of carbonyl (C=O) groups excluding carboxylic acids is 1. The molecule has 0 aromatic heterocycles. The van der Waals surface area contributed by atoms with Gasteiger partial charge in [-0.3, -0.25) is 14.9 Å². The Morgan fingerprint density at radius 3 is 2.59 bits per heavy atom. The smallest absolute Gasteiger partial charge is 0.315 e. The van der Waals surface area contributed by atoms with Crippen molar-refractivity contribution in [2.24, 2.45) is 0 Å². The van der Waals surface area contributed by atoms with Gasteiger partial charge in [0.05, 0.1) is 18.1 Å². The number of morpholine rings is 1. The Bertz CT molecular complexity index is 1200. The lowest BCUT2D eigenvalue weighted by Gasteiger charge is -2.29. The quantitative estimate of drug-likeness (QED) is 0.143. The number of carbonyl (C=O) groups is 1. The highest BCUT2D eigenvalue weighted by atomic mass is 19.1. The van der Waals surface area contributed by atoms with Crippen LogP contribution >= 0.6 is 0 Å². The van der Waals surface area contributed by atoms with E-state index in [-0.39, 0.29) is 12.1 Å². The van der Waals surface area contributed by atoms with E-state index in [9.17, 15) is 39.9 Å². The number of aromatic hydroxyl groups is 2. The first-order valence-electron chi connectivity index (χ1n) is 10.0. The van der Waals surface area contributed by atoms with Crippen LogP contribution in [0.4, 0.5) is 15.8 Å². The van der Waals surface area contributed by atoms with Crippen molar-refractivity contribution in [3.8, 4) is 17.6 Å². The van der Waals surface area contributed by atoms with E-state index in [4.69, 9.17) is 4.74 Å². The number of phenolic OH excluding ortho intramolecular Hbond substituents is 2. The van der Waals surface area contributed by atoms with Gasteiger partial charge < -0.3 is 29.9 Å². The van der Waals surface area contributed by atoms with Crippen LogP contribution in [0.2, 0.25) is 0 Å². The zero-order valence-electron chi connectivity index (χ0n) is 18.1. The second kappa shape index (κ2) is 10.1. The topological polar surface area (TPSA) is 160 Å². The first-order chi connectivity index (χ1) is 16.1. The number of phenols is 2. The average Bonchev–Trinajstić information content (AvgIpc) is 2.82. The third-order valence-electron chi connectivity index (χ3n) is 5.26. The molecule has 0 saturated carbocycles. The van der Waals surface area contributed by atoms with Crippen molar-refractivity contribution in [1.29, 1.82) is 5.26 Å². The number of benzene rings is 2. The van der Waals surface area contributed by atoms with Gasteiger partial charge >= 0.3 is 5.69 Å². The lowest BCUT2D eigenvalue weighted by molar-refractivity contribution is -0.386.